The molecular weight excluding hydrogens is 129 g/mol. The Morgan fingerprint density at radius 2 is 2.00 bits per heavy atom. The number of hydrogen-bond acceptors (Lipinski definition) is 0. The van der Waals surface area contributed by atoms with E-state index in [2.05, 4.69) is 0 Å². The summed E-state index contributed by atoms with van der Waals surface area (Å²) in [4.78, 5) is 0. The SMILES string of the molecule is FC(F)(F)[C@H]1C=CCC1. The van der Waals surface area contributed by atoms with Crippen LogP contribution in [0.4, 0.5) is 13.2 Å². The van der Waals surface area contributed by atoms with Gasteiger partial charge in [0.25, 0.3) is 0 Å². The second-order valence-electron chi connectivity index (χ2n) is 2.15. The Balaban J connectivity index is 2.53. The summed E-state index contributed by atoms with van der Waals surface area (Å²) in [5.41, 5.74) is 0. The maximum absolute atomic E-state index is 11.7. The highest BCUT2D eigenvalue weighted by atomic mass is 19.4. The molecule has 9 heavy (non-hydrogen) atoms. The van der Waals surface area contributed by atoms with Crippen LogP contribution in [-0.4, -0.2) is 6.18 Å². The zero-order chi connectivity index (χ0) is 6.91. The van der Waals surface area contributed by atoms with Crippen molar-refractivity contribution in [3.05, 3.63) is 12.2 Å². The first-order chi connectivity index (χ1) is 4.11. The third kappa shape index (κ3) is 1.47. The van der Waals surface area contributed by atoms with E-state index in [4.69, 9.17) is 0 Å². The number of hydrogen-bond donors (Lipinski definition) is 0. The molecule has 0 saturated heterocycles. The van der Waals surface area contributed by atoms with Crippen molar-refractivity contribution < 1.29 is 13.2 Å². The van der Waals surface area contributed by atoms with Gasteiger partial charge in [0.05, 0.1) is 5.92 Å². The van der Waals surface area contributed by atoms with Crippen molar-refractivity contribution in [1.29, 1.82) is 0 Å². The Hall–Kier alpha value is -0.470. The zero-order valence-corrected chi connectivity index (χ0v) is 4.78. The summed E-state index contributed by atoms with van der Waals surface area (Å²) in [6.07, 6.45) is -0.376. The van der Waals surface area contributed by atoms with E-state index in [-0.39, 0.29) is 6.42 Å². The Kier molecular flexibility index (Phi) is 1.51. The first kappa shape index (κ1) is 6.65. The predicted octanol–water partition coefficient (Wildman–Crippen LogP) is 2.51. The maximum atomic E-state index is 11.7. The summed E-state index contributed by atoms with van der Waals surface area (Å²) in [5.74, 6) is -1.17. The molecule has 1 aliphatic carbocycles. The Morgan fingerprint density at radius 1 is 1.33 bits per heavy atom. The van der Waals surface area contributed by atoms with E-state index in [1.807, 2.05) is 0 Å². The van der Waals surface area contributed by atoms with E-state index >= 15 is 0 Å². The first-order valence-corrected chi connectivity index (χ1v) is 2.84. The lowest BCUT2D eigenvalue weighted by atomic mass is 10.1. The van der Waals surface area contributed by atoms with E-state index < -0.39 is 12.1 Å². The highest BCUT2D eigenvalue weighted by Gasteiger charge is 2.38. The molecule has 52 valence electrons. The Bertz CT molecular complexity index is 123. The summed E-state index contributed by atoms with van der Waals surface area (Å²) < 4.78 is 35.1. The van der Waals surface area contributed by atoms with E-state index in [0.29, 0.717) is 6.42 Å². The van der Waals surface area contributed by atoms with Crippen molar-refractivity contribution in [1.82, 2.24) is 0 Å². The highest BCUT2D eigenvalue weighted by Crippen LogP contribution is 2.33. The predicted molar refractivity (Wildman–Crippen MR) is 27.9 cm³/mol. The topological polar surface area (TPSA) is 0 Å². The summed E-state index contributed by atoms with van der Waals surface area (Å²) >= 11 is 0. The molecule has 0 unspecified atom stereocenters. The Labute approximate surface area is 51.4 Å². The molecule has 0 bridgehead atoms. The average molecular weight is 136 g/mol. The second kappa shape index (κ2) is 2.05. The molecule has 0 aromatic carbocycles. The summed E-state index contributed by atoms with van der Waals surface area (Å²) in [7, 11) is 0. The molecule has 0 heterocycles. The molecule has 1 aliphatic rings. The number of rotatable bonds is 0. The first-order valence-electron chi connectivity index (χ1n) is 2.84. The van der Waals surface area contributed by atoms with Gasteiger partial charge in [-0.1, -0.05) is 12.2 Å². The lowest BCUT2D eigenvalue weighted by Crippen LogP contribution is -2.18. The highest BCUT2D eigenvalue weighted by molar-refractivity contribution is 4.98. The van der Waals surface area contributed by atoms with Crippen LogP contribution >= 0.6 is 0 Å². The zero-order valence-electron chi connectivity index (χ0n) is 4.78. The quantitative estimate of drug-likeness (QED) is 0.449. The smallest absolute Gasteiger partial charge is 0.170 e. The minimum absolute atomic E-state index is 0.240. The van der Waals surface area contributed by atoms with Crippen LogP contribution in [0.25, 0.3) is 0 Å². The van der Waals surface area contributed by atoms with Crippen molar-refractivity contribution in [3.8, 4) is 0 Å². The van der Waals surface area contributed by atoms with Crippen molar-refractivity contribution in [2.75, 3.05) is 0 Å². The van der Waals surface area contributed by atoms with E-state index in [9.17, 15) is 13.2 Å². The van der Waals surface area contributed by atoms with E-state index in [0.717, 1.165) is 0 Å². The largest absolute Gasteiger partial charge is 0.395 e. The number of halogens is 3. The van der Waals surface area contributed by atoms with Gasteiger partial charge in [-0.2, -0.15) is 13.2 Å². The van der Waals surface area contributed by atoms with Gasteiger partial charge in [-0.25, -0.2) is 0 Å². The minimum atomic E-state index is -4.01. The molecule has 1 rings (SSSR count). The van der Waals surface area contributed by atoms with Crippen LogP contribution in [0, 0.1) is 5.92 Å². The molecule has 0 aromatic heterocycles. The van der Waals surface area contributed by atoms with Crippen molar-refractivity contribution in [2.24, 2.45) is 5.92 Å². The van der Waals surface area contributed by atoms with Crippen LogP contribution in [0.2, 0.25) is 0 Å². The summed E-state index contributed by atoms with van der Waals surface area (Å²) in [6.45, 7) is 0. The van der Waals surface area contributed by atoms with Crippen LogP contribution in [0.1, 0.15) is 12.8 Å². The standard InChI is InChI=1S/C6H7F3/c7-6(8,9)5-3-1-2-4-5/h1,3,5H,2,4H2/t5-/m0/s1. The van der Waals surface area contributed by atoms with Gasteiger partial charge < -0.3 is 0 Å². The Morgan fingerprint density at radius 3 is 2.22 bits per heavy atom. The molecule has 0 spiro atoms. The fraction of sp³-hybridized carbons (Fsp3) is 0.667. The van der Waals surface area contributed by atoms with Crippen LogP contribution in [0.15, 0.2) is 12.2 Å². The molecule has 0 N–H and O–H groups in total. The monoisotopic (exact) mass is 136 g/mol. The van der Waals surface area contributed by atoms with Crippen LogP contribution < -0.4 is 0 Å². The van der Waals surface area contributed by atoms with Gasteiger partial charge in [0.15, 0.2) is 0 Å². The lowest BCUT2D eigenvalue weighted by molar-refractivity contribution is -0.160. The fourth-order valence-electron chi connectivity index (χ4n) is 0.905. The van der Waals surface area contributed by atoms with Gasteiger partial charge in [-0.15, -0.1) is 0 Å². The second-order valence-corrected chi connectivity index (χ2v) is 2.15. The van der Waals surface area contributed by atoms with Crippen LogP contribution in [0.3, 0.4) is 0 Å². The minimum Gasteiger partial charge on any atom is -0.170 e. The molecule has 0 radical (unpaired) electrons. The van der Waals surface area contributed by atoms with Gasteiger partial charge in [0.2, 0.25) is 0 Å². The van der Waals surface area contributed by atoms with Gasteiger partial charge in [-0.3, -0.25) is 0 Å². The average Bonchev–Trinajstić information content (AvgIpc) is 2.08. The van der Waals surface area contributed by atoms with Gasteiger partial charge >= 0.3 is 6.18 Å². The third-order valence-electron chi connectivity index (χ3n) is 1.43. The molecule has 0 aliphatic heterocycles. The van der Waals surface area contributed by atoms with Crippen LogP contribution in [-0.2, 0) is 0 Å². The third-order valence-corrected chi connectivity index (χ3v) is 1.43. The van der Waals surface area contributed by atoms with Gasteiger partial charge in [0.1, 0.15) is 0 Å². The molecule has 1 atom stereocenters. The van der Waals surface area contributed by atoms with E-state index in [1.54, 1.807) is 6.08 Å². The molecule has 0 saturated carbocycles. The molecular formula is C6H7F3. The summed E-state index contributed by atoms with van der Waals surface area (Å²) in [6, 6.07) is 0. The molecule has 0 aromatic rings. The van der Waals surface area contributed by atoms with Gasteiger partial charge in [0, 0.05) is 0 Å². The fourth-order valence-corrected chi connectivity index (χ4v) is 0.905. The number of alkyl halides is 3. The van der Waals surface area contributed by atoms with Crippen LogP contribution in [0.5, 0.6) is 0 Å². The summed E-state index contributed by atoms with van der Waals surface area (Å²) in [5, 5.41) is 0. The number of allylic oxidation sites excluding steroid dienone is 2. The normalized spacial score (nSPS) is 27.2. The van der Waals surface area contributed by atoms with Crippen molar-refractivity contribution in [2.45, 2.75) is 19.0 Å². The van der Waals surface area contributed by atoms with E-state index in [1.165, 1.54) is 6.08 Å². The lowest BCUT2D eigenvalue weighted by Gasteiger charge is -2.10. The molecule has 0 amide bonds. The maximum Gasteiger partial charge on any atom is 0.395 e. The van der Waals surface area contributed by atoms with Crippen molar-refractivity contribution in [3.63, 3.8) is 0 Å². The molecule has 0 fully saturated rings. The molecule has 3 heteroatoms. The van der Waals surface area contributed by atoms with Gasteiger partial charge in [-0.05, 0) is 12.8 Å². The van der Waals surface area contributed by atoms with Crippen molar-refractivity contribution >= 4 is 0 Å². The molecule has 0 nitrogen and oxygen atoms in total.